The fraction of sp³-hybridized carbons (Fsp3) is 0.846. The fourth-order valence-electron chi connectivity index (χ4n) is 1.50. The van der Waals surface area contributed by atoms with E-state index in [1.165, 1.54) is 0 Å². The van der Waals surface area contributed by atoms with Crippen molar-refractivity contribution in [3.05, 3.63) is 0 Å². The molecule has 0 fully saturated rings. The molecule has 4 nitrogen and oxygen atoms in total. The topological polar surface area (TPSA) is 63.6 Å². The Morgan fingerprint density at radius 3 is 2.06 bits per heavy atom. The first-order chi connectivity index (χ1) is 7.62. The number of carbonyl (C=O) groups is 2. The summed E-state index contributed by atoms with van der Waals surface area (Å²) in [6.07, 6.45) is 2.15. The van der Waals surface area contributed by atoms with Crippen molar-refractivity contribution in [2.24, 2.45) is 5.41 Å². The van der Waals surface area contributed by atoms with Crippen LogP contribution < -0.4 is 0 Å². The molecule has 0 spiro atoms. The normalized spacial score (nSPS) is 14.3. The third-order valence-corrected chi connectivity index (χ3v) is 3.23. The number of rotatable bonds is 6. The zero-order valence-corrected chi connectivity index (χ0v) is 16.6. The van der Waals surface area contributed by atoms with Gasteiger partial charge in [-0.25, -0.2) is 0 Å². The van der Waals surface area contributed by atoms with Gasteiger partial charge in [0.15, 0.2) is 0 Å². The molecule has 18 heavy (non-hydrogen) atoms. The first-order valence-corrected chi connectivity index (χ1v) is 6.06. The van der Waals surface area contributed by atoms with E-state index in [2.05, 4.69) is 6.92 Å². The molecule has 1 atom stereocenters. The molecule has 0 rings (SSSR count). The van der Waals surface area contributed by atoms with Crippen molar-refractivity contribution in [3.63, 3.8) is 0 Å². The predicted octanol–water partition coefficient (Wildman–Crippen LogP) is 2.84. The van der Waals surface area contributed by atoms with E-state index < -0.39 is 24.0 Å². The third kappa shape index (κ3) is 7.19. The molecule has 0 aromatic rings. The number of hydrogen-bond donors (Lipinski definition) is 1. The number of hydrogen-bond acceptors (Lipinski definition) is 3. The molecule has 0 aromatic heterocycles. The summed E-state index contributed by atoms with van der Waals surface area (Å²) in [5, 5.41) is 8.56. The second-order valence-corrected chi connectivity index (χ2v) is 5.63. The minimum absolute atomic E-state index is 0. The molecule has 0 aromatic carbocycles. The predicted molar refractivity (Wildman–Crippen MR) is 73.7 cm³/mol. The van der Waals surface area contributed by atoms with E-state index >= 15 is 0 Å². The zero-order chi connectivity index (χ0) is 13.7. The van der Waals surface area contributed by atoms with Gasteiger partial charge in [0.05, 0.1) is 0 Å². The third-order valence-electron chi connectivity index (χ3n) is 3.23. The quantitative estimate of drug-likeness (QED) is 0.435. The number of unbranched alkanes of at least 4 members (excludes halogenated alkanes) is 1. The number of esters is 1. The van der Waals surface area contributed by atoms with Crippen LogP contribution in [0.2, 0.25) is 0 Å². The molecule has 5 heteroatoms. The van der Waals surface area contributed by atoms with Crippen molar-refractivity contribution in [1.29, 1.82) is 0 Å². The van der Waals surface area contributed by atoms with E-state index in [1.54, 1.807) is 0 Å². The van der Waals surface area contributed by atoms with Gasteiger partial charge in [-0.15, -0.1) is 0 Å². The Morgan fingerprint density at radius 2 is 1.72 bits per heavy atom. The first kappa shape index (κ1) is 20.8. The van der Waals surface area contributed by atoms with Crippen molar-refractivity contribution in [3.8, 4) is 0 Å². The zero-order valence-electron chi connectivity index (χ0n) is 14.2. The maximum Gasteiger partial charge on any atom is 2.00 e. The number of carboxylic acid groups (broad SMARTS) is 1. The van der Waals surface area contributed by atoms with E-state index in [4.69, 9.17) is 9.84 Å². The van der Waals surface area contributed by atoms with Gasteiger partial charge in [0.2, 0.25) is 0 Å². The average molecular weight is 384 g/mol. The molecule has 0 amide bonds. The van der Waals surface area contributed by atoms with Crippen LogP contribution >= 0.6 is 0 Å². The molecule has 0 radical (unpaired) electrons. The van der Waals surface area contributed by atoms with E-state index in [0.717, 1.165) is 19.3 Å². The van der Waals surface area contributed by atoms with Crippen molar-refractivity contribution in [2.45, 2.75) is 65.9 Å². The van der Waals surface area contributed by atoms with Crippen molar-refractivity contribution in [2.75, 3.05) is 0 Å². The summed E-state index contributed by atoms with van der Waals surface area (Å²) in [5.41, 5.74) is -0.828. The van der Waals surface area contributed by atoms with Gasteiger partial charge in [-0.3, -0.25) is 9.59 Å². The summed E-state index contributed by atoms with van der Waals surface area (Å²) in [5.74, 6) is -1.81. The number of carboxylic acids is 1. The molecule has 0 saturated carbocycles. The van der Waals surface area contributed by atoms with Crippen LogP contribution in [0.4, 0.5) is 0 Å². The molecular formula is C13H26BaO4. The molecule has 0 heterocycles. The van der Waals surface area contributed by atoms with Gasteiger partial charge >= 0.3 is 60.8 Å². The Balaban J connectivity index is -0.000000427. The Kier molecular flexibility index (Phi) is 9.99. The van der Waals surface area contributed by atoms with Crippen LogP contribution in [0.3, 0.4) is 0 Å². The fourth-order valence-corrected chi connectivity index (χ4v) is 1.50. The summed E-state index contributed by atoms with van der Waals surface area (Å²) in [6, 6.07) is 0. The maximum atomic E-state index is 11.5. The second kappa shape index (κ2) is 8.64. The smallest absolute Gasteiger partial charge is 1.00 e. The summed E-state index contributed by atoms with van der Waals surface area (Å²) in [7, 11) is 0. The Hall–Kier alpha value is 0.511. The molecule has 0 bridgehead atoms. The van der Waals surface area contributed by atoms with Gasteiger partial charge in [-0.1, -0.05) is 34.1 Å². The summed E-state index contributed by atoms with van der Waals surface area (Å²) >= 11 is 0. The number of carbonyl (C=O) groups excluding carboxylic acids is 1. The summed E-state index contributed by atoms with van der Waals surface area (Å²) < 4.78 is 5.40. The number of ether oxygens (including phenoxy) is 1. The van der Waals surface area contributed by atoms with Crippen molar-refractivity contribution in [1.82, 2.24) is 0 Å². The summed E-state index contributed by atoms with van der Waals surface area (Å²) in [4.78, 5) is 21.9. The van der Waals surface area contributed by atoms with Crippen LogP contribution in [-0.2, 0) is 14.3 Å². The first-order valence-electron chi connectivity index (χ1n) is 6.06. The van der Waals surface area contributed by atoms with Crippen LogP contribution in [0.5, 0.6) is 0 Å². The standard InChI is InChI=1S/C13H24O4.Ba.2H/c1-6-7-8-13(5,12(2,3)4)17-11(16)9-10(14)15;;;/h6-9H2,1-5H3,(H,14,15);;;/q;+2;2*-1. The van der Waals surface area contributed by atoms with Crippen LogP contribution in [0.15, 0.2) is 0 Å². The van der Waals surface area contributed by atoms with Crippen LogP contribution in [0, 0.1) is 5.41 Å². The van der Waals surface area contributed by atoms with Gasteiger partial charge in [0.25, 0.3) is 0 Å². The van der Waals surface area contributed by atoms with E-state index in [9.17, 15) is 9.59 Å². The maximum absolute atomic E-state index is 11.5. The van der Waals surface area contributed by atoms with Crippen molar-refractivity contribution >= 4 is 60.8 Å². The molecule has 104 valence electrons. The molecule has 1 N–H and O–H groups in total. The van der Waals surface area contributed by atoms with Crippen molar-refractivity contribution < 1.29 is 22.3 Å². The Morgan fingerprint density at radius 1 is 1.22 bits per heavy atom. The molecule has 0 saturated heterocycles. The largest absolute Gasteiger partial charge is 2.00 e. The molecule has 0 aliphatic rings. The second-order valence-electron chi connectivity index (χ2n) is 5.63. The average Bonchev–Trinajstić information content (AvgIpc) is 2.11. The van der Waals surface area contributed by atoms with Gasteiger partial charge in [0.1, 0.15) is 12.0 Å². The van der Waals surface area contributed by atoms with E-state index in [1.807, 2.05) is 27.7 Å². The van der Waals surface area contributed by atoms with Crippen LogP contribution in [0.1, 0.15) is 63.2 Å². The Labute approximate surface area is 153 Å². The van der Waals surface area contributed by atoms with Gasteiger partial charge < -0.3 is 12.7 Å². The van der Waals surface area contributed by atoms with Crippen LogP contribution in [-0.4, -0.2) is 71.5 Å². The van der Waals surface area contributed by atoms with Crippen LogP contribution in [0.25, 0.3) is 0 Å². The molecule has 0 aliphatic carbocycles. The summed E-state index contributed by atoms with van der Waals surface area (Å²) in [6.45, 7) is 9.94. The minimum Gasteiger partial charge on any atom is -1.00 e. The minimum atomic E-state index is -1.15. The molecule has 0 aliphatic heterocycles. The molecule has 1 unspecified atom stereocenters. The Bertz CT molecular complexity index is 293. The van der Waals surface area contributed by atoms with E-state index in [0.29, 0.717) is 0 Å². The van der Waals surface area contributed by atoms with Gasteiger partial charge in [-0.05, 0) is 19.8 Å². The number of aliphatic carboxylic acids is 1. The SMILES string of the molecule is CCCCC(C)(OC(=O)CC(=O)O)C(C)(C)C.[Ba+2].[H-].[H-]. The van der Waals surface area contributed by atoms with Gasteiger partial charge in [0, 0.05) is 5.41 Å². The monoisotopic (exact) mass is 384 g/mol. The molecular weight excluding hydrogens is 357 g/mol. The van der Waals surface area contributed by atoms with E-state index in [-0.39, 0.29) is 57.1 Å². The van der Waals surface area contributed by atoms with Gasteiger partial charge in [-0.2, -0.15) is 0 Å².